The normalized spacial score (nSPS) is 18.4. The van der Waals surface area contributed by atoms with E-state index in [9.17, 15) is 4.79 Å². The lowest BCUT2D eigenvalue weighted by Crippen LogP contribution is -2.48. The molecule has 158 valence electrons. The SMILES string of the molecule is CCc1oc(C(=O)N2CCC3(CC2)OCCc2cn[nH]c23)cc1CN(CC)CC. The van der Waals surface area contributed by atoms with Crippen molar-refractivity contribution in [3.63, 3.8) is 0 Å². The van der Waals surface area contributed by atoms with Crippen LogP contribution in [0.2, 0.25) is 0 Å². The van der Waals surface area contributed by atoms with Gasteiger partial charge in [0.1, 0.15) is 11.4 Å². The third kappa shape index (κ3) is 3.73. The Morgan fingerprint density at radius 3 is 2.72 bits per heavy atom. The molecule has 1 N–H and O–H groups in total. The van der Waals surface area contributed by atoms with Crippen LogP contribution in [0.4, 0.5) is 0 Å². The zero-order chi connectivity index (χ0) is 20.4. The summed E-state index contributed by atoms with van der Waals surface area (Å²) >= 11 is 0. The van der Waals surface area contributed by atoms with Crippen LogP contribution in [-0.4, -0.2) is 58.7 Å². The highest BCUT2D eigenvalue weighted by molar-refractivity contribution is 5.92. The molecule has 0 saturated carbocycles. The molecule has 1 saturated heterocycles. The number of nitrogens with zero attached hydrogens (tertiary/aromatic N) is 3. The van der Waals surface area contributed by atoms with E-state index in [1.807, 2.05) is 17.2 Å². The summed E-state index contributed by atoms with van der Waals surface area (Å²) in [6.07, 6.45) is 5.16. The molecule has 2 aliphatic heterocycles. The third-order valence-electron chi connectivity index (χ3n) is 6.50. The number of carbonyl (C=O) groups excluding carboxylic acids is 1. The predicted octanol–water partition coefficient (Wildman–Crippen LogP) is 3.11. The Morgan fingerprint density at radius 2 is 2.03 bits per heavy atom. The van der Waals surface area contributed by atoms with E-state index in [0.717, 1.165) is 62.3 Å². The van der Waals surface area contributed by atoms with Crippen LogP contribution in [0.5, 0.6) is 0 Å². The summed E-state index contributed by atoms with van der Waals surface area (Å²) < 4.78 is 12.2. The van der Waals surface area contributed by atoms with Crippen molar-refractivity contribution in [3.8, 4) is 0 Å². The monoisotopic (exact) mass is 400 g/mol. The van der Waals surface area contributed by atoms with Crippen LogP contribution in [0.3, 0.4) is 0 Å². The number of aromatic nitrogens is 2. The van der Waals surface area contributed by atoms with Crippen molar-refractivity contribution < 1.29 is 13.9 Å². The van der Waals surface area contributed by atoms with Crippen molar-refractivity contribution >= 4 is 5.91 Å². The molecule has 0 aromatic carbocycles. The fourth-order valence-electron chi connectivity index (χ4n) is 4.64. The number of carbonyl (C=O) groups is 1. The second kappa shape index (κ2) is 8.32. The van der Waals surface area contributed by atoms with Crippen molar-refractivity contribution in [3.05, 3.63) is 40.6 Å². The van der Waals surface area contributed by atoms with Gasteiger partial charge in [0.25, 0.3) is 5.91 Å². The fraction of sp³-hybridized carbons (Fsp3) is 0.636. The molecule has 4 heterocycles. The van der Waals surface area contributed by atoms with Crippen molar-refractivity contribution in [1.29, 1.82) is 0 Å². The Balaban J connectivity index is 1.46. The minimum absolute atomic E-state index is 0.0130. The molecule has 7 nitrogen and oxygen atoms in total. The number of furan rings is 1. The second-order valence-corrected chi connectivity index (χ2v) is 8.03. The first-order chi connectivity index (χ1) is 14.1. The standard InChI is InChI=1S/C22H32N4O3/c1-4-18-17(15-25(5-2)6-3)13-19(29-18)21(27)26-10-8-22(9-11-26)20-16(7-12-28-22)14-23-24-20/h13-14H,4-12,15H2,1-3H3,(H,23,24). The van der Waals surface area contributed by atoms with Gasteiger partial charge in [0.15, 0.2) is 5.76 Å². The van der Waals surface area contributed by atoms with Crippen LogP contribution in [0, 0.1) is 0 Å². The lowest BCUT2D eigenvalue weighted by atomic mass is 9.83. The quantitative estimate of drug-likeness (QED) is 0.806. The first-order valence-electron chi connectivity index (χ1n) is 10.9. The average Bonchev–Trinajstić information content (AvgIpc) is 3.40. The van der Waals surface area contributed by atoms with E-state index >= 15 is 0 Å². The number of aromatic amines is 1. The second-order valence-electron chi connectivity index (χ2n) is 8.03. The lowest BCUT2D eigenvalue weighted by molar-refractivity contribution is -0.0964. The molecule has 0 bridgehead atoms. The first-order valence-corrected chi connectivity index (χ1v) is 10.9. The summed E-state index contributed by atoms with van der Waals surface area (Å²) in [5, 5.41) is 7.35. The number of fused-ring (bicyclic) bond motifs is 2. The number of ether oxygens (including phenoxy) is 1. The van der Waals surface area contributed by atoms with Crippen molar-refractivity contribution in [2.24, 2.45) is 0 Å². The number of aryl methyl sites for hydroxylation is 1. The average molecular weight is 401 g/mol. The van der Waals surface area contributed by atoms with E-state index in [0.29, 0.717) is 25.5 Å². The molecule has 2 aliphatic rings. The number of hydrogen-bond acceptors (Lipinski definition) is 5. The van der Waals surface area contributed by atoms with E-state index in [1.165, 1.54) is 5.56 Å². The molecule has 0 radical (unpaired) electrons. The van der Waals surface area contributed by atoms with Gasteiger partial charge in [-0.25, -0.2) is 0 Å². The molecule has 1 fully saturated rings. The van der Waals surface area contributed by atoms with Gasteiger partial charge in [-0.15, -0.1) is 0 Å². The fourth-order valence-corrected chi connectivity index (χ4v) is 4.64. The molecule has 2 aromatic heterocycles. The molecule has 7 heteroatoms. The zero-order valence-corrected chi connectivity index (χ0v) is 17.8. The Labute approximate surface area is 172 Å². The van der Waals surface area contributed by atoms with Gasteiger partial charge < -0.3 is 14.1 Å². The highest BCUT2D eigenvalue weighted by atomic mass is 16.5. The molecule has 0 atom stereocenters. The van der Waals surface area contributed by atoms with E-state index in [1.54, 1.807) is 0 Å². The van der Waals surface area contributed by atoms with Gasteiger partial charge >= 0.3 is 0 Å². The molecular weight excluding hydrogens is 368 g/mol. The maximum atomic E-state index is 13.1. The summed E-state index contributed by atoms with van der Waals surface area (Å²) in [6, 6.07) is 1.95. The van der Waals surface area contributed by atoms with E-state index in [4.69, 9.17) is 9.15 Å². The molecule has 4 rings (SSSR count). The Morgan fingerprint density at radius 1 is 1.28 bits per heavy atom. The molecule has 29 heavy (non-hydrogen) atoms. The maximum Gasteiger partial charge on any atom is 0.289 e. The van der Waals surface area contributed by atoms with Gasteiger partial charge in [-0.3, -0.25) is 14.8 Å². The van der Waals surface area contributed by atoms with Crippen molar-refractivity contribution in [2.75, 3.05) is 32.8 Å². The van der Waals surface area contributed by atoms with Gasteiger partial charge in [0, 0.05) is 31.6 Å². The molecule has 0 aliphatic carbocycles. The summed E-state index contributed by atoms with van der Waals surface area (Å²) in [6.45, 7) is 11.2. The van der Waals surface area contributed by atoms with E-state index < -0.39 is 0 Å². The molecule has 1 spiro atoms. The summed E-state index contributed by atoms with van der Waals surface area (Å²) in [5.41, 5.74) is 3.15. The largest absolute Gasteiger partial charge is 0.456 e. The molecule has 2 aromatic rings. The summed E-state index contributed by atoms with van der Waals surface area (Å²) in [4.78, 5) is 17.4. The van der Waals surface area contributed by atoms with Crippen LogP contribution >= 0.6 is 0 Å². The van der Waals surface area contributed by atoms with Crippen LogP contribution in [0.25, 0.3) is 0 Å². The molecule has 0 unspecified atom stereocenters. The summed E-state index contributed by atoms with van der Waals surface area (Å²) in [5.74, 6) is 1.37. The smallest absolute Gasteiger partial charge is 0.289 e. The van der Waals surface area contributed by atoms with Crippen LogP contribution < -0.4 is 0 Å². The number of hydrogen-bond donors (Lipinski definition) is 1. The Hall–Kier alpha value is -2.12. The van der Waals surface area contributed by atoms with Gasteiger partial charge in [-0.1, -0.05) is 20.8 Å². The number of nitrogens with one attached hydrogen (secondary N) is 1. The highest BCUT2D eigenvalue weighted by Crippen LogP contribution is 2.40. The van der Waals surface area contributed by atoms with Gasteiger partial charge in [0.05, 0.1) is 18.5 Å². The molecular formula is C22H32N4O3. The van der Waals surface area contributed by atoms with Crippen molar-refractivity contribution in [2.45, 2.75) is 58.6 Å². The molecule has 1 amide bonds. The first kappa shape index (κ1) is 20.2. The number of amides is 1. The van der Waals surface area contributed by atoms with Crippen LogP contribution in [0.1, 0.15) is 66.7 Å². The minimum Gasteiger partial charge on any atom is -0.456 e. The third-order valence-corrected chi connectivity index (χ3v) is 6.50. The number of rotatable bonds is 6. The van der Waals surface area contributed by atoms with Gasteiger partial charge in [0.2, 0.25) is 0 Å². The Kier molecular flexibility index (Phi) is 5.79. The Bertz CT molecular complexity index is 844. The number of likely N-dealkylation sites (tertiary alicyclic amines) is 1. The topological polar surface area (TPSA) is 74.6 Å². The predicted molar refractivity (Wildman–Crippen MR) is 110 cm³/mol. The van der Waals surface area contributed by atoms with Gasteiger partial charge in [-0.05, 0) is 44.0 Å². The summed E-state index contributed by atoms with van der Waals surface area (Å²) in [7, 11) is 0. The lowest BCUT2D eigenvalue weighted by Gasteiger charge is -2.43. The maximum absolute atomic E-state index is 13.1. The van der Waals surface area contributed by atoms with Crippen molar-refractivity contribution in [1.82, 2.24) is 20.0 Å². The number of H-pyrrole nitrogens is 1. The minimum atomic E-state index is -0.327. The van der Waals surface area contributed by atoms with Gasteiger partial charge in [-0.2, -0.15) is 5.10 Å². The highest BCUT2D eigenvalue weighted by Gasteiger charge is 2.43. The van der Waals surface area contributed by atoms with Crippen LogP contribution in [0.15, 0.2) is 16.7 Å². The van der Waals surface area contributed by atoms with E-state index in [-0.39, 0.29) is 11.5 Å². The number of piperidine rings is 1. The van der Waals surface area contributed by atoms with E-state index in [2.05, 4.69) is 35.9 Å². The zero-order valence-electron chi connectivity index (χ0n) is 17.8. The van der Waals surface area contributed by atoms with Crippen LogP contribution in [-0.2, 0) is 29.7 Å².